The fourth-order valence-electron chi connectivity index (χ4n) is 3.22. The number of amides is 1. The third-order valence-electron chi connectivity index (χ3n) is 4.67. The van der Waals surface area contributed by atoms with Gasteiger partial charge in [0.25, 0.3) is 5.91 Å². The monoisotopic (exact) mass is 377 g/mol. The minimum absolute atomic E-state index is 0.0525. The van der Waals surface area contributed by atoms with Gasteiger partial charge in [0.15, 0.2) is 11.6 Å². The van der Waals surface area contributed by atoms with Gasteiger partial charge >= 0.3 is 0 Å². The Morgan fingerprint density at radius 3 is 2.85 bits per heavy atom. The van der Waals surface area contributed by atoms with Crippen molar-refractivity contribution in [3.8, 4) is 11.3 Å². The van der Waals surface area contributed by atoms with Crippen LogP contribution in [0.25, 0.3) is 11.3 Å². The fourth-order valence-corrected chi connectivity index (χ4v) is 3.35. The molecule has 1 amide bonds. The molecule has 1 saturated heterocycles. The minimum Gasteiger partial charge on any atom is -0.383 e. The lowest BCUT2D eigenvalue weighted by atomic mass is 10.0. The molecule has 2 heterocycles. The molecule has 26 heavy (non-hydrogen) atoms. The van der Waals surface area contributed by atoms with Gasteiger partial charge in [-0.2, -0.15) is 0 Å². The van der Waals surface area contributed by atoms with Gasteiger partial charge in [0.05, 0.1) is 6.61 Å². The molecule has 0 radical (unpaired) electrons. The van der Waals surface area contributed by atoms with E-state index >= 15 is 0 Å². The van der Waals surface area contributed by atoms with Crippen LogP contribution in [-0.4, -0.2) is 48.8 Å². The molecule has 1 atom stereocenters. The first-order chi connectivity index (χ1) is 12.6. The van der Waals surface area contributed by atoms with E-state index < -0.39 is 0 Å². The molecule has 140 valence electrons. The van der Waals surface area contributed by atoms with Crippen LogP contribution in [0, 0.1) is 0 Å². The number of benzene rings is 1. The second-order valence-electron chi connectivity index (χ2n) is 6.51. The number of halogens is 1. The summed E-state index contributed by atoms with van der Waals surface area (Å²) in [6.45, 7) is 3.89. The third kappa shape index (κ3) is 4.02. The predicted octanol–water partition coefficient (Wildman–Crippen LogP) is 4.07. The quantitative estimate of drug-likeness (QED) is 0.768. The highest BCUT2D eigenvalue weighted by molar-refractivity contribution is 6.30. The summed E-state index contributed by atoms with van der Waals surface area (Å²) in [5.74, 6) is 0.863. The number of piperidine rings is 1. The topological polar surface area (TPSA) is 67.6 Å². The van der Waals surface area contributed by atoms with E-state index in [1.54, 1.807) is 19.2 Å². The van der Waals surface area contributed by atoms with E-state index in [-0.39, 0.29) is 11.9 Å². The van der Waals surface area contributed by atoms with Crippen LogP contribution in [0.3, 0.4) is 0 Å². The van der Waals surface area contributed by atoms with E-state index in [0.29, 0.717) is 35.3 Å². The molecule has 0 bridgehead atoms. The standard InChI is InChI=1S/C19H24ClN3O3/c1-13-5-3-4-11-23(13)19(24)16-17(14-6-8-15(20)9-7-14)26-22-18(16)21-10-12-25-2/h6-9,13H,3-5,10-12H2,1-2H3,(H,21,22). The van der Waals surface area contributed by atoms with Crippen molar-refractivity contribution < 1.29 is 14.1 Å². The largest absolute Gasteiger partial charge is 0.383 e. The van der Waals surface area contributed by atoms with Crippen LogP contribution in [0.1, 0.15) is 36.5 Å². The molecule has 6 nitrogen and oxygen atoms in total. The maximum absolute atomic E-state index is 13.3. The van der Waals surface area contributed by atoms with Gasteiger partial charge in [0.2, 0.25) is 0 Å². The molecule has 1 aromatic heterocycles. The molecule has 7 heteroatoms. The van der Waals surface area contributed by atoms with E-state index in [0.717, 1.165) is 31.4 Å². The number of anilines is 1. The number of aromatic nitrogens is 1. The van der Waals surface area contributed by atoms with Crippen molar-refractivity contribution in [1.82, 2.24) is 10.1 Å². The Hall–Kier alpha value is -2.05. The molecule has 1 aromatic carbocycles. The highest BCUT2D eigenvalue weighted by Gasteiger charge is 2.31. The van der Waals surface area contributed by atoms with Gasteiger partial charge in [-0.25, -0.2) is 0 Å². The Labute approximate surface area is 158 Å². The summed E-state index contributed by atoms with van der Waals surface area (Å²) < 4.78 is 10.6. The maximum Gasteiger partial charge on any atom is 0.261 e. The van der Waals surface area contributed by atoms with Gasteiger partial charge in [-0.05, 0) is 50.5 Å². The molecular formula is C19H24ClN3O3. The smallest absolute Gasteiger partial charge is 0.261 e. The second-order valence-corrected chi connectivity index (χ2v) is 6.94. The van der Waals surface area contributed by atoms with Gasteiger partial charge < -0.3 is 19.5 Å². The predicted molar refractivity (Wildman–Crippen MR) is 102 cm³/mol. The summed E-state index contributed by atoms with van der Waals surface area (Å²) in [4.78, 5) is 15.2. The molecule has 2 aromatic rings. The van der Waals surface area contributed by atoms with Gasteiger partial charge in [-0.1, -0.05) is 16.8 Å². The van der Waals surface area contributed by atoms with Crippen molar-refractivity contribution >= 4 is 23.3 Å². The van der Waals surface area contributed by atoms with Crippen LogP contribution < -0.4 is 5.32 Å². The number of hydrogen-bond acceptors (Lipinski definition) is 5. The maximum atomic E-state index is 13.3. The van der Waals surface area contributed by atoms with E-state index in [2.05, 4.69) is 17.4 Å². The van der Waals surface area contributed by atoms with Crippen molar-refractivity contribution in [3.05, 3.63) is 34.9 Å². The van der Waals surface area contributed by atoms with E-state index in [1.807, 2.05) is 17.0 Å². The lowest BCUT2D eigenvalue weighted by molar-refractivity contribution is 0.0637. The van der Waals surface area contributed by atoms with Gasteiger partial charge in [-0.3, -0.25) is 4.79 Å². The zero-order valence-corrected chi connectivity index (χ0v) is 15.9. The summed E-state index contributed by atoms with van der Waals surface area (Å²) >= 11 is 5.98. The second kappa shape index (κ2) is 8.56. The normalized spacial score (nSPS) is 17.3. The van der Waals surface area contributed by atoms with E-state index in [4.69, 9.17) is 20.9 Å². The number of nitrogens with zero attached hydrogens (tertiary/aromatic N) is 2. The van der Waals surface area contributed by atoms with E-state index in [9.17, 15) is 4.79 Å². The Bertz CT molecular complexity index is 745. The Balaban J connectivity index is 1.96. The summed E-state index contributed by atoms with van der Waals surface area (Å²) in [7, 11) is 1.63. The van der Waals surface area contributed by atoms with Crippen LogP contribution in [0.5, 0.6) is 0 Å². The first-order valence-electron chi connectivity index (χ1n) is 8.91. The van der Waals surface area contributed by atoms with Gasteiger partial charge in [0.1, 0.15) is 5.56 Å². The van der Waals surface area contributed by atoms with Crippen LogP contribution in [0.4, 0.5) is 5.82 Å². The lowest BCUT2D eigenvalue weighted by Crippen LogP contribution is -2.42. The van der Waals surface area contributed by atoms with E-state index in [1.165, 1.54) is 0 Å². The molecule has 0 saturated carbocycles. The first-order valence-corrected chi connectivity index (χ1v) is 9.29. The minimum atomic E-state index is -0.0525. The number of carbonyl (C=O) groups excluding carboxylic acids is 1. The van der Waals surface area contributed by atoms with Crippen molar-refractivity contribution in [3.63, 3.8) is 0 Å². The zero-order valence-electron chi connectivity index (χ0n) is 15.1. The number of nitrogens with one attached hydrogen (secondary N) is 1. The number of carbonyl (C=O) groups is 1. The summed E-state index contributed by atoms with van der Waals surface area (Å²) in [5.41, 5.74) is 1.24. The highest BCUT2D eigenvalue weighted by Crippen LogP contribution is 2.32. The van der Waals surface area contributed by atoms with Crippen molar-refractivity contribution in [1.29, 1.82) is 0 Å². The fraction of sp³-hybridized carbons (Fsp3) is 0.474. The van der Waals surface area contributed by atoms with Crippen LogP contribution in [0.2, 0.25) is 5.02 Å². The number of likely N-dealkylation sites (tertiary alicyclic amines) is 1. The molecule has 1 unspecified atom stereocenters. The summed E-state index contributed by atoms with van der Waals surface area (Å²) in [6, 6.07) is 7.41. The number of hydrogen-bond donors (Lipinski definition) is 1. The van der Waals surface area contributed by atoms with Gasteiger partial charge in [-0.15, -0.1) is 0 Å². The van der Waals surface area contributed by atoms with Crippen molar-refractivity contribution in [2.45, 2.75) is 32.2 Å². The molecular weight excluding hydrogens is 354 g/mol. The number of rotatable bonds is 6. The molecule has 3 rings (SSSR count). The van der Waals surface area contributed by atoms with Crippen molar-refractivity contribution in [2.24, 2.45) is 0 Å². The van der Waals surface area contributed by atoms with Crippen LogP contribution >= 0.6 is 11.6 Å². The number of methoxy groups -OCH3 is 1. The Morgan fingerprint density at radius 2 is 2.15 bits per heavy atom. The van der Waals surface area contributed by atoms with Crippen LogP contribution in [-0.2, 0) is 4.74 Å². The third-order valence-corrected chi connectivity index (χ3v) is 4.93. The molecule has 1 N–H and O–H groups in total. The molecule has 0 aliphatic carbocycles. The molecule has 1 fully saturated rings. The highest BCUT2D eigenvalue weighted by atomic mass is 35.5. The van der Waals surface area contributed by atoms with Crippen molar-refractivity contribution in [2.75, 3.05) is 32.1 Å². The summed E-state index contributed by atoms with van der Waals surface area (Å²) in [5, 5.41) is 7.88. The van der Waals surface area contributed by atoms with Gasteiger partial charge in [0, 0.05) is 36.8 Å². The number of ether oxygens (including phenoxy) is 1. The average molecular weight is 378 g/mol. The molecule has 0 spiro atoms. The molecule has 1 aliphatic heterocycles. The summed E-state index contributed by atoms with van der Waals surface area (Å²) in [6.07, 6.45) is 3.18. The first kappa shape index (κ1) is 18.7. The Kier molecular flexibility index (Phi) is 6.16. The zero-order chi connectivity index (χ0) is 18.5. The molecule has 1 aliphatic rings. The average Bonchev–Trinajstić information content (AvgIpc) is 3.06. The lowest BCUT2D eigenvalue weighted by Gasteiger charge is -2.33. The Morgan fingerprint density at radius 1 is 1.38 bits per heavy atom. The van der Waals surface area contributed by atoms with Crippen LogP contribution in [0.15, 0.2) is 28.8 Å². The SMILES string of the molecule is COCCNc1noc(-c2ccc(Cl)cc2)c1C(=O)N1CCCCC1C.